The number of nitrogen functional groups attached to an aromatic ring is 1. The highest BCUT2D eigenvalue weighted by molar-refractivity contribution is 7.99. The molecule has 0 fully saturated rings. The summed E-state index contributed by atoms with van der Waals surface area (Å²) < 4.78 is 39.6. The van der Waals surface area contributed by atoms with Gasteiger partial charge in [-0.2, -0.15) is 18.3 Å². The van der Waals surface area contributed by atoms with Crippen LogP contribution in [0.1, 0.15) is 11.1 Å². The van der Waals surface area contributed by atoms with Gasteiger partial charge in [0.15, 0.2) is 0 Å². The summed E-state index contributed by atoms with van der Waals surface area (Å²) >= 11 is 6.81. The quantitative estimate of drug-likeness (QED) is 0.210. The number of carbonyl (C=O) groups excluding carboxylic acids is 1. The fourth-order valence-electron chi connectivity index (χ4n) is 2.27. The van der Waals surface area contributed by atoms with Crippen LogP contribution in [0.25, 0.3) is 0 Å². The Labute approximate surface area is 183 Å². The summed E-state index contributed by atoms with van der Waals surface area (Å²) in [5.41, 5.74) is 2.42. The zero-order valence-electron chi connectivity index (χ0n) is 15.6. The topological polar surface area (TPSA) is 110 Å². The highest BCUT2D eigenvalue weighted by atomic mass is 35.5. The molecule has 4 N–H and O–H groups in total. The van der Waals surface area contributed by atoms with Gasteiger partial charge >= 0.3 is 6.18 Å². The van der Waals surface area contributed by atoms with Crippen molar-refractivity contribution in [2.24, 2.45) is 5.10 Å². The highest BCUT2D eigenvalue weighted by Gasteiger charge is 2.31. The fourth-order valence-corrected chi connectivity index (χ4v) is 3.09. The first-order valence-corrected chi connectivity index (χ1v) is 9.94. The Morgan fingerprint density at radius 3 is 2.68 bits per heavy atom. The van der Waals surface area contributed by atoms with Gasteiger partial charge in [0.2, 0.25) is 11.1 Å². The third-order valence-electron chi connectivity index (χ3n) is 3.74. The van der Waals surface area contributed by atoms with E-state index >= 15 is 0 Å². The summed E-state index contributed by atoms with van der Waals surface area (Å²) in [7, 11) is 0. The summed E-state index contributed by atoms with van der Waals surface area (Å²) in [5, 5.41) is 14.2. The van der Waals surface area contributed by atoms with E-state index in [4.69, 9.17) is 17.4 Å². The number of alkyl halides is 3. The van der Waals surface area contributed by atoms with Gasteiger partial charge in [-0.1, -0.05) is 53.7 Å². The maximum atomic E-state index is 12.8. The average molecular weight is 470 g/mol. The zero-order chi connectivity index (χ0) is 22.4. The van der Waals surface area contributed by atoms with Gasteiger partial charge in [-0.25, -0.2) is 10.1 Å². The van der Waals surface area contributed by atoms with Crippen molar-refractivity contribution >= 4 is 47.1 Å². The molecule has 8 nitrogen and oxygen atoms in total. The summed E-state index contributed by atoms with van der Waals surface area (Å²) in [6.07, 6.45) is -2.99. The van der Waals surface area contributed by atoms with Crippen molar-refractivity contribution in [2.75, 3.05) is 22.3 Å². The van der Waals surface area contributed by atoms with Gasteiger partial charge in [-0.15, -0.1) is 10.2 Å². The second-order valence-corrected chi connectivity index (χ2v) is 7.34. The number of halogens is 4. The van der Waals surface area contributed by atoms with Gasteiger partial charge in [0.1, 0.15) is 0 Å². The van der Waals surface area contributed by atoms with Crippen molar-refractivity contribution in [2.45, 2.75) is 11.3 Å². The fraction of sp³-hybridized carbons (Fsp3) is 0.111. The lowest BCUT2D eigenvalue weighted by atomic mass is 10.2. The van der Waals surface area contributed by atoms with Crippen LogP contribution in [0.4, 0.5) is 24.8 Å². The molecule has 0 radical (unpaired) electrons. The second kappa shape index (κ2) is 9.71. The van der Waals surface area contributed by atoms with Gasteiger partial charge in [0.05, 0.1) is 28.2 Å². The number of nitrogens with zero attached hydrogens (tertiary/aromatic N) is 4. The zero-order valence-corrected chi connectivity index (χ0v) is 17.2. The minimum Gasteiger partial charge on any atom is -0.334 e. The molecule has 1 aromatic heterocycles. The van der Waals surface area contributed by atoms with E-state index in [-0.39, 0.29) is 27.6 Å². The first kappa shape index (κ1) is 22.4. The number of anilines is 2. The molecule has 0 aliphatic heterocycles. The van der Waals surface area contributed by atoms with Crippen LogP contribution in [0.2, 0.25) is 5.02 Å². The highest BCUT2D eigenvalue weighted by Crippen LogP contribution is 2.34. The van der Waals surface area contributed by atoms with Crippen LogP contribution in [0.3, 0.4) is 0 Å². The number of hydrogen-bond acceptors (Lipinski definition) is 7. The number of benzene rings is 2. The van der Waals surface area contributed by atoms with Crippen molar-refractivity contribution in [3.63, 3.8) is 0 Å². The van der Waals surface area contributed by atoms with Crippen molar-refractivity contribution < 1.29 is 18.0 Å². The Balaban J connectivity index is 1.57. The predicted molar refractivity (Wildman–Crippen MR) is 114 cm³/mol. The molecule has 13 heteroatoms. The second-order valence-electron chi connectivity index (χ2n) is 5.99. The monoisotopic (exact) mass is 469 g/mol. The van der Waals surface area contributed by atoms with Gasteiger partial charge < -0.3 is 11.2 Å². The third-order valence-corrected chi connectivity index (χ3v) is 5.02. The predicted octanol–water partition coefficient (Wildman–Crippen LogP) is 3.84. The van der Waals surface area contributed by atoms with Crippen LogP contribution in [-0.4, -0.2) is 32.7 Å². The minimum absolute atomic E-state index is 0.0175. The number of aromatic nitrogens is 3. The molecule has 0 atom stereocenters. The number of hydrogen-bond donors (Lipinski definition) is 3. The van der Waals surface area contributed by atoms with Gasteiger partial charge in [-0.3, -0.25) is 4.79 Å². The van der Waals surface area contributed by atoms with Crippen LogP contribution in [0.5, 0.6) is 0 Å². The molecule has 0 saturated carbocycles. The summed E-state index contributed by atoms with van der Waals surface area (Å²) in [5.74, 6) is 5.23. The molecule has 2 aromatic carbocycles. The molecule has 31 heavy (non-hydrogen) atoms. The number of nitrogens with one attached hydrogen (secondary N) is 2. The molecule has 0 unspecified atom stereocenters. The van der Waals surface area contributed by atoms with E-state index < -0.39 is 17.6 Å². The smallest absolute Gasteiger partial charge is 0.334 e. The number of carbonyl (C=O) groups is 1. The number of nitrogens with two attached hydrogens (primary N) is 1. The van der Waals surface area contributed by atoms with E-state index in [1.54, 1.807) is 6.21 Å². The van der Waals surface area contributed by atoms with Gasteiger partial charge in [0.25, 0.3) is 5.95 Å². The SMILES string of the molecule is Nn1c(N/N=C/c2ccccc2)nnc1SCC(=O)Nc1cc(C(F)(F)F)ccc1Cl. The third kappa shape index (κ3) is 6.12. The van der Waals surface area contributed by atoms with E-state index in [0.717, 1.165) is 40.2 Å². The van der Waals surface area contributed by atoms with Crippen LogP contribution < -0.4 is 16.6 Å². The maximum absolute atomic E-state index is 12.8. The van der Waals surface area contributed by atoms with Gasteiger partial charge in [-0.05, 0) is 23.8 Å². The number of rotatable bonds is 7. The Morgan fingerprint density at radius 1 is 1.23 bits per heavy atom. The van der Waals surface area contributed by atoms with E-state index in [1.165, 1.54) is 0 Å². The molecule has 0 aliphatic rings. The Morgan fingerprint density at radius 2 is 1.97 bits per heavy atom. The first-order valence-electron chi connectivity index (χ1n) is 8.58. The lowest BCUT2D eigenvalue weighted by Crippen LogP contribution is -2.17. The molecule has 0 spiro atoms. The van der Waals surface area contributed by atoms with E-state index in [9.17, 15) is 18.0 Å². The first-order chi connectivity index (χ1) is 14.7. The molecule has 3 aromatic rings. The Hall–Kier alpha value is -3.25. The molecule has 3 rings (SSSR count). The summed E-state index contributed by atoms with van der Waals surface area (Å²) in [4.78, 5) is 12.1. The van der Waals surface area contributed by atoms with Gasteiger partial charge in [0, 0.05) is 0 Å². The van der Waals surface area contributed by atoms with E-state index in [2.05, 4.69) is 26.0 Å². The van der Waals surface area contributed by atoms with Crippen molar-refractivity contribution in [3.05, 3.63) is 64.7 Å². The molecule has 0 bridgehead atoms. The normalized spacial score (nSPS) is 11.6. The number of amides is 1. The van der Waals surface area contributed by atoms with Crippen LogP contribution in [0, 0.1) is 0 Å². The lowest BCUT2D eigenvalue weighted by Gasteiger charge is -2.11. The summed E-state index contributed by atoms with van der Waals surface area (Å²) in [6.45, 7) is 0. The maximum Gasteiger partial charge on any atom is 0.416 e. The largest absolute Gasteiger partial charge is 0.416 e. The molecule has 1 heterocycles. The molecule has 162 valence electrons. The average Bonchev–Trinajstić information content (AvgIpc) is 3.08. The Kier molecular flexibility index (Phi) is 7.02. The summed E-state index contributed by atoms with van der Waals surface area (Å²) in [6, 6.07) is 12.0. The Bertz CT molecular complexity index is 1090. The molecule has 0 saturated heterocycles. The standard InChI is InChI=1S/C18H15ClF3N7OS/c19-13-7-6-12(18(20,21)22)8-14(13)25-15(30)10-31-17-28-27-16(29(17)23)26-24-9-11-4-2-1-3-5-11/h1-9H,10,23H2,(H,25,30)(H,26,27)/b24-9+. The van der Waals surface area contributed by atoms with E-state index in [1.807, 2.05) is 30.3 Å². The molecular weight excluding hydrogens is 455 g/mol. The molecule has 1 amide bonds. The van der Waals surface area contributed by atoms with Crippen LogP contribution in [0.15, 0.2) is 58.8 Å². The van der Waals surface area contributed by atoms with E-state index in [0.29, 0.717) is 0 Å². The molecular formula is C18H15ClF3N7OS. The van der Waals surface area contributed by atoms with Crippen LogP contribution in [-0.2, 0) is 11.0 Å². The van der Waals surface area contributed by atoms with Crippen molar-refractivity contribution in [1.29, 1.82) is 0 Å². The van der Waals surface area contributed by atoms with Crippen molar-refractivity contribution in [1.82, 2.24) is 14.9 Å². The van der Waals surface area contributed by atoms with Crippen LogP contribution >= 0.6 is 23.4 Å². The number of hydrazone groups is 1. The number of thioether (sulfide) groups is 1. The van der Waals surface area contributed by atoms with Crippen molar-refractivity contribution in [3.8, 4) is 0 Å². The minimum atomic E-state index is -4.55. The molecule has 0 aliphatic carbocycles. The lowest BCUT2D eigenvalue weighted by molar-refractivity contribution is -0.137.